The molecule has 1 heterocycles. The SMILES string of the molecule is C=CC(C)(C)[C@@H]1CC(=O)N1. The minimum Gasteiger partial charge on any atom is -0.352 e. The first-order valence-corrected chi connectivity index (χ1v) is 3.49. The van der Waals surface area contributed by atoms with Crippen LogP contribution >= 0.6 is 0 Å². The summed E-state index contributed by atoms with van der Waals surface area (Å²) in [6.45, 7) is 7.86. The molecule has 0 saturated carbocycles. The molecule has 1 saturated heterocycles. The third-order valence-corrected chi connectivity index (χ3v) is 2.15. The maximum absolute atomic E-state index is 10.5. The summed E-state index contributed by atoms with van der Waals surface area (Å²) in [6.07, 6.45) is 2.54. The van der Waals surface area contributed by atoms with Crippen molar-refractivity contribution >= 4 is 5.91 Å². The highest BCUT2D eigenvalue weighted by molar-refractivity contribution is 5.83. The van der Waals surface area contributed by atoms with Crippen molar-refractivity contribution < 1.29 is 4.79 Å². The van der Waals surface area contributed by atoms with Crippen molar-refractivity contribution in [2.24, 2.45) is 5.41 Å². The maximum Gasteiger partial charge on any atom is 0.222 e. The summed E-state index contributed by atoms with van der Waals surface area (Å²) in [7, 11) is 0. The molecular weight excluding hydrogens is 126 g/mol. The van der Waals surface area contributed by atoms with Crippen LogP contribution in [0.1, 0.15) is 20.3 Å². The number of amides is 1. The molecule has 0 radical (unpaired) electrons. The lowest BCUT2D eigenvalue weighted by Crippen LogP contribution is -2.55. The van der Waals surface area contributed by atoms with Crippen LogP contribution < -0.4 is 5.32 Å². The second-order valence-electron chi connectivity index (χ2n) is 3.35. The zero-order valence-corrected chi connectivity index (χ0v) is 6.48. The van der Waals surface area contributed by atoms with Gasteiger partial charge in [0.2, 0.25) is 5.91 Å². The molecular formula is C8H13NO. The number of hydrogen-bond acceptors (Lipinski definition) is 1. The van der Waals surface area contributed by atoms with Crippen LogP contribution in [0, 0.1) is 5.41 Å². The van der Waals surface area contributed by atoms with Crippen molar-refractivity contribution in [1.29, 1.82) is 0 Å². The summed E-state index contributed by atoms with van der Waals surface area (Å²) in [4.78, 5) is 10.5. The standard InChI is InChI=1S/C8H13NO/c1-4-8(2,3)6-5-7(10)9-6/h4,6H,1,5H2,2-3H3,(H,9,10)/t6-/m0/s1. The van der Waals surface area contributed by atoms with E-state index in [0.29, 0.717) is 12.5 Å². The fourth-order valence-corrected chi connectivity index (χ4v) is 0.950. The Morgan fingerprint density at radius 3 is 2.60 bits per heavy atom. The molecule has 0 aliphatic carbocycles. The van der Waals surface area contributed by atoms with Gasteiger partial charge in [-0.25, -0.2) is 0 Å². The number of β-lactam (4-membered cyclic amide) rings is 1. The molecule has 0 bridgehead atoms. The Balaban J connectivity index is 2.51. The lowest BCUT2D eigenvalue weighted by atomic mass is 9.79. The summed E-state index contributed by atoms with van der Waals surface area (Å²) < 4.78 is 0. The summed E-state index contributed by atoms with van der Waals surface area (Å²) >= 11 is 0. The molecule has 1 amide bonds. The molecule has 10 heavy (non-hydrogen) atoms. The van der Waals surface area contributed by atoms with E-state index in [1.54, 1.807) is 0 Å². The summed E-state index contributed by atoms with van der Waals surface area (Å²) in [5.74, 6) is 0.153. The third kappa shape index (κ3) is 1.06. The van der Waals surface area contributed by atoms with E-state index in [2.05, 4.69) is 25.7 Å². The number of rotatable bonds is 2. The molecule has 0 aromatic rings. The van der Waals surface area contributed by atoms with Crippen LogP contribution in [0.3, 0.4) is 0 Å². The fraction of sp³-hybridized carbons (Fsp3) is 0.625. The van der Waals surface area contributed by atoms with E-state index < -0.39 is 0 Å². The van der Waals surface area contributed by atoms with Crippen molar-refractivity contribution in [3.05, 3.63) is 12.7 Å². The molecule has 0 spiro atoms. The van der Waals surface area contributed by atoms with E-state index in [1.165, 1.54) is 0 Å². The Morgan fingerprint density at radius 1 is 1.80 bits per heavy atom. The number of carbonyl (C=O) groups is 1. The first-order chi connectivity index (χ1) is 4.56. The van der Waals surface area contributed by atoms with Crippen LogP contribution in [-0.4, -0.2) is 11.9 Å². The first-order valence-electron chi connectivity index (χ1n) is 3.49. The molecule has 1 rings (SSSR count). The van der Waals surface area contributed by atoms with Crippen LogP contribution in [0.4, 0.5) is 0 Å². The van der Waals surface area contributed by atoms with Gasteiger partial charge in [-0.15, -0.1) is 6.58 Å². The van der Waals surface area contributed by atoms with Crippen LogP contribution in [0.15, 0.2) is 12.7 Å². The average molecular weight is 139 g/mol. The highest BCUT2D eigenvalue weighted by Gasteiger charge is 2.36. The Kier molecular flexibility index (Phi) is 1.55. The van der Waals surface area contributed by atoms with Gasteiger partial charge in [0, 0.05) is 17.9 Å². The Labute approximate surface area is 61.3 Å². The van der Waals surface area contributed by atoms with Crippen LogP contribution in [0.25, 0.3) is 0 Å². The Bertz CT molecular complexity index is 164. The van der Waals surface area contributed by atoms with Gasteiger partial charge in [0.1, 0.15) is 0 Å². The second-order valence-corrected chi connectivity index (χ2v) is 3.35. The predicted molar refractivity (Wildman–Crippen MR) is 40.5 cm³/mol. The van der Waals surface area contributed by atoms with Gasteiger partial charge in [-0.05, 0) is 0 Å². The number of carbonyl (C=O) groups excluding carboxylic acids is 1. The molecule has 1 aliphatic rings. The quantitative estimate of drug-likeness (QED) is 0.450. The van der Waals surface area contributed by atoms with Gasteiger partial charge in [0.05, 0.1) is 0 Å². The maximum atomic E-state index is 10.5. The molecule has 1 aliphatic heterocycles. The Morgan fingerprint density at radius 2 is 2.30 bits per heavy atom. The van der Waals surface area contributed by atoms with Crippen LogP contribution in [0.5, 0.6) is 0 Å². The van der Waals surface area contributed by atoms with Gasteiger partial charge in [-0.1, -0.05) is 19.9 Å². The van der Waals surface area contributed by atoms with E-state index in [9.17, 15) is 4.79 Å². The van der Waals surface area contributed by atoms with Gasteiger partial charge in [-0.3, -0.25) is 4.79 Å². The zero-order chi connectivity index (χ0) is 7.78. The van der Waals surface area contributed by atoms with Gasteiger partial charge in [0.15, 0.2) is 0 Å². The number of hydrogen-bond donors (Lipinski definition) is 1. The topological polar surface area (TPSA) is 29.1 Å². The third-order valence-electron chi connectivity index (χ3n) is 2.15. The largest absolute Gasteiger partial charge is 0.352 e. The van der Waals surface area contributed by atoms with E-state index in [0.717, 1.165) is 0 Å². The minimum absolute atomic E-state index is 0.0495. The van der Waals surface area contributed by atoms with Crippen molar-refractivity contribution in [3.63, 3.8) is 0 Å². The van der Waals surface area contributed by atoms with Crippen molar-refractivity contribution in [3.8, 4) is 0 Å². The highest BCUT2D eigenvalue weighted by Crippen LogP contribution is 2.28. The number of nitrogens with one attached hydrogen (secondary N) is 1. The summed E-state index contributed by atoms with van der Waals surface area (Å²) in [5, 5.41) is 2.82. The molecule has 1 N–H and O–H groups in total. The van der Waals surface area contributed by atoms with Crippen LogP contribution in [0.2, 0.25) is 0 Å². The van der Waals surface area contributed by atoms with E-state index in [-0.39, 0.29) is 11.3 Å². The molecule has 56 valence electrons. The lowest BCUT2D eigenvalue weighted by Gasteiger charge is -2.38. The highest BCUT2D eigenvalue weighted by atomic mass is 16.2. The zero-order valence-electron chi connectivity index (χ0n) is 6.48. The van der Waals surface area contributed by atoms with E-state index in [1.807, 2.05) is 6.08 Å². The molecule has 2 nitrogen and oxygen atoms in total. The smallest absolute Gasteiger partial charge is 0.222 e. The first kappa shape index (κ1) is 7.32. The molecule has 0 aromatic carbocycles. The van der Waals surface area contributed by atoms with E-state index in [4.69, 9.17) is 0 Å². The molecule has 0 aromatic heterocycles. The molecule has 1 fully saturated rings. The summed E-state index contributed by atoms with van der Waals surface area (Å²) in [5.41, 5.74) is 0.0495. The van der Waals surface area contributed by atoms with Gasteiger partial charge >= 0.3 is 0 Å². The molecule has 2 heteroatoms. The van der Waals surface area contributed by atoms with Crippen molar-refractivity contribution in [2.75, 3.05) is 0 Å². The lowest BCUT2D eigenvalue weighted by molar-refractivity contribution is -0.130. The van der Waals surface area contributed by atoms with E-state index >= 15 is 0 Å². The summed E-state index contributed by atoms with van der Waals surface area (Å²) in [6, 6.07) is 0.303. The van der Waals surface area contributed by atoms with Crippen LogP contribution in [-0.2, 0) is 4.79 Å². The molecule has 1 atom stereocenters. The fourth-order valence-electron chi connectivity index (χ4n) is 0.950. The normalized spacial score (nSPS) is 25.0. The molecule has 0 unspecified atom stereocenters. The average Bonchev–Trinajstić information content (AvgIpc) is 1.81. The Hall–Kier alpha value is -0.790. The van der Waals surface area contributed by atoms with Gasteiger partial charge < -0.3 is 5.32 Å². The monoisotopic (exact) mass is 139 g/mol. The van der Waals surface area contributed by atoms with Gasteiger partial charge in [-0.2, -0.15) is 0 Å². The predicted octanol–water partition coefficient (Wildman–Crippen LogP) is 1.09. The van der Waals surface area contributed by atoms with Gasteiger partial charge in [0.25, 0.3) is 0 Å². The van der Waals surface area contributed by atoms with Crippen molar-refractivity contribution in [1.82, 2.24) is 5.32 Å². The second kappa shape index (κ2) is 2.11. The van der Waals surface area contributed by atoms with Crippen molar-refractivity contribution in [2.45, 2.75) is 26.3 Å². The minimum atomic E-state index is 0.0495.